The van der Waals surface area contributed by atoms with Crippen molar-refractivity contribution in [3.8, 4) is 11.4 Å². The molecule has 0 aromatic carbocycles. The Labute approximate surface area is 170 Å². The fourth-order valence-corrected chi connectivity index (χ4v) is 3.60. The van der Waals surface area contributed by atoms with Crippen molar-refractivity contribution in [3.05, 3.63) is 24.5 Å². The normalized spacial score (nSPS) is 20.9. The largest absolute Gasteiger partial charge is 0.383 e. The van der Waals surface area contributed by atoms with E-state index >= 15 is 0 Å². The van der Waals surface area contributed by atoms with E-state index in [2.05, 4.69) is 43.0 Å². The lowest BCUT2D eigenvalue weighted by Gasteiger charge is -2.33. The molecule has 0 unspecified atom stereocenters. The van der Waals surface area contributed by atoms with Gasteiger partial charge in [-0.1, -0.05) is 6.92 Å². The number of hydrogen-bond acceptors (Lipinski definition) is 8. The molecule has 1 atom stereocenters. The molecule has 3 N–H and O–H groups in total. The van der Waals surface area contributed by atoms with Crippen molar-refractivity contribution in [2.75, 3.05) is 43.5 Å². The van der Waals surface area contributed by atoms with Gasteiger partial charge in [0, 0.05) is 32.5 Å². The van der Waals surface area contributed by atoms with Crippen LogP contribution in [-0.4, -0.2) is 58.9 Å². The molecule has 0 bridgehead atoms. The summed E-state index contributed by atoms with van der Waals surface area (Å²) in [6.45, 7) is 6.30. The third-order valence-corrected chi connectivity index (χ3v) is 5.66. The van der Waals surface area contributed by atoms with Gasteiger partial charge in [-0.15, -0.1) is 5.10 Å². The molecule has 0 spiro atoms. The molecule has 29 heavy (non-hydrogen) atoms. The lowest BCUT2D eigenvalue weighted by molar-refractivity contribution is -0.119. The average molecular weight is 397 g/mol. The van der Waals surface area contributed by atoms with Crippen molar-refractivity contribution in [1.29, 1.82) is 0 Å². The molecule has 2 aromatic rings. The van der Waals surface area contributed by atoms with Crippen molar-refractivity contribution >= 4 is 17.5 Å². The Bertz CT molecular complexity index is 848. The number of rotatable bonds is 6. The molecule has 0 radical (unpaired) electrons. The summed E-state index contributed by atoms with van der Waals surface area (Å²) < 4.78 is 5.47. The maximum atomic E-state index is 12.3. The van der Waals surface area contributed by atoms with E-state index in [4.69, 9.17) is 4.74 Å². The summed E-state index contributed by atoms with van der Waals surface area (Å²) in [5, 5.41) is 17.8. The fraction of sp³-hybridized carbons (Fsp3) is 0.550. The average Bonchev–Trinajstić information content (AvgIpc) is 3.29. The summed E-state index contributed by atoms with van der Waals surface area (Å²) in [5.74, 6) is 0.189. The monoisotopic (exact) mass is 397 g/mol. The zero-order valence-electron chi connectivity index (χ0n) is 16.6. The predicted octanol–water partition coefficient (Wildman–Crippen LogP) is 1.71. The number of ether oxygens (including phenoxy) is 1. The second-order valence-corrected chi connectivity index (χ2v) is 8.05. The lowest BCUT2D eigenvalue weighted by Crippen LogP contribution is -2.33. The Morgan fingerprint density at radius 2 is 2.21 bits per heavy atom. The van der Waals surface area contributed by atoms with Crippen molar-refractivity contribution in [2.45, 2.75) is 26.2 Å². The number of nitrogens with one attached hydrogen (secondary N) is 3. The maximum Gasteiger partial charge on any atom is 0.231 e. The molecule has 4 heterocycles. The molecule has 1 amide bonds. The van der Waals surface area contributed by atoms with Gasteiger partial charge >= 0.3 is 0 Å². The second kappa shape index (κ2) is 8.79. The molecule has 4 rings (SSSR count). The highest BCUT2D eigenvalue weighted by atomic mass is 16.5. The molecular formula is C20H27N7O2. The van der Waals surface area contributed by atoms with Gasteiger partial charge in [0.2, 0.25) is 11.9 Å². The molecular weight excluding hydrogens is 370 g/mol. The van der Waals surface area contributed by atoms with E-state index in [9.17, 15) is 4.79 Å². The minimum atomic E-state index is -0.0571. The first kappa shape index (κ1) is 19.7. The Morgan fingerprint density at radius 1 is 1.34 bits per heavy atom. The van der Waals surface area contributed by atoms with Crippen LogP contribution in [-0.2, 0) is 9.53 Å². The first-order chi connectivity index (χ1) is 14.1. The van der Waals surface area contributed by atoms with Crippen LogP contribution < -0.4 is 16.0 Å². The Kier molecular flexibility index (Phi) is 5.96. The molecule has 9 heteroatoms. The van der Waals surface area contributed by atoms with Crippen LogP contribution in [0.15, 0.2) is 24.5 Å². The number of hydrogen-bond donors (Lipinski definition) is 3. The van der Waals surface area contributed by atoms with Gasteiger partial charge in [-0.05, 0) is 43.4 Å². The van der Waals surface area contributed by atoms with Gasteiger partial charge in [0.05, 0.1) is 23.5 Å². The zero-order chi connectivity index (χ0) is 20.1. The number of carbonyl (C=O) groups is 1. The van der Waals surface area contributed by atoms with Crippen LogP contribution in [0.2, 0.25) is 0 Å². The summed E-state index contributed by atoms with van der Waals surface area (Å²) >= 11 is 0. The topological polar surface area (TPSA) is 114 Å². The predicted molar refractivity (Wildman–Crippen MR) is 109 cm³/mol. The van der Waals surface area contributed by atoms with Gasteiger partial charge in [0.1, 0.15) is 5.69 Å². The van der Waals surface area contributed by atoms with E-state index in [0.717, 1.165) is 51.3 Å². The smallest absolute Gasteiger partial charge is 0.231 e. The summed E-state index contributed by atoms with van der Waals surface area (Å²) in [6.07, 6.45) is 6.24. The van der Waals surface area contributed by atoms with Crippen LogP contribution in [0.25, 0.3) is 11.4 Å². The van der Waals surface area contributed by atoms with E-state index in [1.807, 2.05) is 6.07 Å². The van der Waals surface area contributed by atoms with Gasteiger partial charge in [-0.25, -0.2) is 9.97 Å². The molecule has 2 saturated heterocycles. The summed E-state index contributed by atoms with van der Waals surface area (Å²) in [7, 11) is 0. The van der Waals surface area contributed by atoms with Crippen LogP contribution in [0.4, 0.5) is 11.6 Å². The molecule has 2 aliphatic heterocycles. The molecule has 154 valence electrons. The summed E-state index contributed by atoms with van der Waals surface area (Å²) in [6, 6.07) is 3.69. The van der Waals surface area contributed by atoms with Gasteiger partial charge in [-0.2, -0.15) is 5.10 Å². The number of amides is 1. The lowest BCUT2D eigenvalue weighted by atomic mass is 9.82. The van der Waals surface area contributed by atoms with Crippen LogP contribution in [0.1, 0.15) is 26.2 Å². The van der Waals surface area contributed by atoms with Crippen LogP contribution in [0, 0.1) is 11.3 Å². The third-order valence-electron chi connectivity index (χ3n) is 5.66. The first-order valence-electron chi connectivity index (χ1n) is 10.1. The summed E-state index contributed by atoms with van der Waals surface area (Å²) in [5.41, 5.74) is 2.35. The number of anilines is 2. The van der Waals surface area contributed by atoms with E-state index < -0.39 is 0 Å². The van der Waals surface area contributed by atoms with Crippen LogP contribution in [0.5, 0.6) is 0 Å². The Morgan fingerprint density at radius 3 is 3.00 bits per heavy atom. The van der Waals surface area contributed by atoms with Crippen molar-refractivity contribution < 1.29 is 9.53 Å². The Hall–Kier alpha value is -2.65. The standard InChI is InChI=1S/C20H27N7O2/c1-20(4-8-29-9-5-20)13-23-15-10-17(27-24-12-15)16-3-7-22-19(25-16)26-18(28)14-2-6-21-11-14/h3,7,10,12,14,21H,2,4-6,8-9,11,13H2,1H3,(H,23,27)(H,22,25,26,28)/t14-/m1/s1. The van der Waals surface area contributed by atoms with E-state index in [-0.39, 0.29) is 23.2 Å². The van der Waals surface area contributed by atoms with Crippen molar-refractivity contribution in [2.24, 2.45) is 11.3 Å². The van der Waals surface area contributed by atoms with Gasteiger partial charge in [0.25, 0.3) is 0 Å². The highest BCUT2D eigenvalue weighted by Crippen LogP contribution is 2.30. The van der Waals surface area contributed by atoms with E-state index in [1.165, 1.54) is 0 Å². The number of nitrogens with zero attached hydrogens (tertiary/aromatic N) is 4. The highest BCUT2D eigenvalue weighted by Gasteiger charge is 2.27. The number of carbonyl (C=O) groups excluding carboxylic acids is 1. The molecule has 2 aliphatic rings. The quantitative estimate of drug-likeness (QED) is 0.675. The minimum absolute atomic E-state index is 0.0406. The van der Waals surface area contributed by atoms with Gasteiger partial charge in [0.15, 0.2) is 0 Å². The molecule has 9 nitrogen and oxygen atoms in total. The summed E-state index contributed by atoms with van der Waals surface area (Å²) in [4.78, 5) is 20.9. The SMILES string of the molecule is CC1(CNc2cnnc(-c3ccnc(NC(=O)[C@@H]4CCNC4)n3)c2)CCOCC1. The van der Waals surface area contributed by atoms with Crippen LogP contribution in [0.3, 0.4) is 0 Å². The van der Waals surface area contributed by atoms with Gasteiger partial charge in [-0.3, -0.25) is 10.1 Å². The second-order valence-electron chi connectivity index (χ2n) is 8.05. The molecule has 0 aliphatic carbocycles. The molecule has 0 saturated carbocycles. The number of aromatic nitrogens is 4. The van der Waals surface area contributed by atoms with Gasteiger partial charge < -0.3 is 15.4 Å². The van der Waals surface area contributed by atoms with E-state index in [1.54, 1.807) is 18.5 Å². The third kappa shape index (κ3) is 5.04. The first-order valence-corrected chi connectivity index (χ1v) is 10.1. The van der Waals surface area contributed by atoms with E-state index in [0.29, 0.717) is 17.9 Å². The van der Waals surface area contributed by atoms with Crippen molar-refractivity contribution in [3.63, 3.8) is 0 Å². The fourth-order valence-electron chi connectivity index (χ4n) is 3.60. The zero-order valence-corrected chi connectivity index (χ0v) is 16.6. The minimum Gasteiger partial charge on any atom is -0.383 e. The van der Waals surface area contributed by atoms with Crippen LogP contribution >= 0.6 is 0 Å². The molecule has 2 aromatic heterocycles. The maximum absolute atomic E-state index is 12.3. The highest BCUT2D eigenvalue weighted by molar-refractivity contribution is 5.91. The Balaban J connectivity index is 1.43. The molecule has 2 fully saturated rings. The van der Waals surface area contributed by atoms with Crippen molar-refractivity contribution in [1.82, 2.24) is 25.5 Å².